The maximum atomic E-state index is 10.4. The molecule has 0 bridgehead atoms. The summed E-state index contributed by atoms with van der Waals surface area (Å²) < 4.78 is 0. The summed E-state index contributed by atoms with van der Waals surface area (Å²) in [5.74, 6) is -1.38. The minimum atomic E-state index is -1.07. The Hall–Kier alpha value is -2.12. The number of aliphatic carboxylic acids is 1. The van der Waals surface area contributed by atoms with Gasteiger partial charge in [0.25, 0.3) is 0 Å². The molecule has 1 aromatic rings. The molecule has 14 heavy (non-hydrogen) atoms. The van der Waals surface area contributed by atoms with Gasteiger partial charge in [-0.3, -0.25) is 4.79 Å². The van der Waals surface area contributed by atoms with Gasteiger partial charge in [-0.2, -0.15) is 0 Å². The van der Waals surface area contributed by atoms with Crippen molar-refractivity contribution < 1.29 is 14.8 Å². The quantitative estimate of drug-likeness (QED) is 0.515. The highest BCUT2D eigenvalue weighted by Gasteiger charge is 2.19. The van der Waals surface area contributed by atoms with Gasteiger partial charge in [0.05, 0.1) is 0 Å². The van der Waals surface area contributed by atoms with Crippen LogP contribution in [0, 0.1) is 10.1 Å². The predicted molar refractivity (Wildman–Crippen MR) is 46.1 cm³/mol. The zero-order valence-corrected chi connectivity index (χ0v) is 7.30. The van der Waals surface area contributed by atoms with E-state index in [1.54, 1.807) is 0 Å². The van der Waals surface area contributed by atoms with E-state index in [1.807, 2.05) is 0 Å². The number of carboxylic acids is 1. The zero-order valence-electron chi connectivity index (χ0n) is 7.30. The molecule has 0 aliphatic rings. The number of hydrogen-bond acceptors (Lipinski definition) is 5. The van der Waals surface area contributed by atoms with E-state index >= 15 is 0 Å². The summed E-state index contributed by atoms with van der Waals surface area (Å²) >= 11 is 0. The van der Waals surface area contributed by atoms with Gasteiger partial charge in [-0.1, -0.05) is 5.10 Å². The summed E-state index contributed by atoms with van der Waals surface area (Å²) in [6.07, 6.45) is 1.21. The van der Waals surface area contributed by atoms with Crippen molar-refractivity contribution in [2.45, 2.75) is 0 Å². The highest BCUT2D eigenvalue weighted by atomic mass is 16.6. The number of nitrogens with one attached hydrogen (secondary N) is 1. The molecule has 1 rings (SSSR count). The van der Waals surface area contributed by atoms with Crippen LogP contribution < -0.4 is 4.90 Å². The summed E-state index contributed by atoms with van der Waals surface area (Å²) in [6.45, 7) is -0.319. The van der Waals surface area contributed by atoms with Crippen LogP contribution in [0.4, 0.5) is 11.5 Å². The fraction of sp³-hybridized carbons (Fsp3) is 0.333. The average molecular weight is 200 g/mol. The molecule has 0 unspecified atom stereocenters. The third kappa shape index (κ3) is 1.97. The molecule has 0 saturated carbocycles. The van der Waals surface area contributed by atoms with Crippen molar-refractivity contribution >= 4 is 17.5 Å². The molecule has 0 aromatic carbocycles. The molecule has 1 heterocycles. The van der Waals surface area contributed by atoms with Crippen molar-refractivity contribution in [3.8, 4) is 0 Å². The first-order chi connectivity index (χ1) is 6.52. The van der Waals surface area contributed by atoms with Gasteiger partial charge in [0, 0.05) is 7.05 Å². The third-order valence-electron chi connectivity index (χ3n) is 1.57. The fourth-order valence-electron chi connectivity index (χ4n) is 0.975. The molecule has 8 heteroatoms. The van der Waals surface area contributed by atoms with E-state index in [9.17, 15) is 14.9 Å². The molecular formula is C6H8N4O4. The second-order valence-electron chi connectivity index (χ2n) is 2.61. The number of nitro groups is 1. The topological polar surface area (TPSA) is 112 Å². The van der Waals surface area contributed by atoms with Crippen LogP contribution in [-0.2, 0) is 4.79 Å². The van der Waals surface area contributed by atoms with Gasteiger partial charge in [0.2, 0.25) is 0 Å². The van der Waals surface area contributed by atoms with Crippen molar-refractivity contribution in [3.05, 3.63) is 16.3 Å². The normalized spacial score (nSPS) is 9.79. The number of carbonyl (C=O) groups is 1. The molecule has 0 spiro atoms. The molecule has 0 radical (unpaired) electrons. The van der Waals surface area contributed by atoms with Gasteiger partial charge in [0.1, 0.15) is 12.7 Å². The number of carboxylic acid groups (broad SMARTS) is 1. The molecule has 1 aromatic heterocycles. The monoisotopic (exact) mass is 200 g/mol. The molecule has 0 amide bonds. The van der Waals surface area contributed by atoms with Gasteiger partial charge in [-0.05, 0) is 4.92 Å². The van der Waals surface area contributed by atoms with Crippen LogP contribution in [0.2, 0.25) is 0 Å². The Morgan fingerprint density at radius 2 is 2.50 bits per heavy atom. The SMILES string of the molecule is CN(CC(=O)O)c1cn[nH]c1[N+](=O)[O-]. The first kappa shape index (κ1) is 9.96. The van der Waals surface area contributed by atoms with Crippen molar-refractivity contribution in [2.75, 3.05) is 18.5 Å². The average Bonchev–Trinajstić information content (AvgIpc) is 2.49. The minimum absolute atomic E-state index is 0.150. The summed E-state index contributed by atoms with van der Waals surface area (Å²) in [5, 5.41) is 24.5. The van der Waals surface area contributed by atoms with E-state index in [0.29, 0.717) is 0 Å². The van der Waals surface area contributed by atoms with E-state index in [2.05, 4.69) is 10.2 Å². The first-order valence-electron chi connectivity index (χ1n) is 3.63. The molecule has 0 aliphatic heterocycles. The van der Waals surface area contributed by atoms with Gasteiger partial charge >= 0.3 is 11.8 Å². The van der Waals surface area contributed by atoms with Crippen LogP contribution >= 0.6 is 0 Å². The van der Waals surface area contributed by atoms with Crippen molar-refractivity contribution in [1.29, 1.82) is 0 Å². The lowest BCUT2D eigenvalue weighted by molar-refractivity contribution is -0.388. The van der Waals surface area contributed by atoms with E-state index in [0.717, 1.165) is 0 Å². The Labute approximate surface area is 78.3 Å². The second-order valence-corrected chi connectivity index (χ2v) is 2.61. The number of hydrogen-bond donors (Lipinski definition) is 2. The molecule has 0 atom stereocenters. The van der Waals surface area contributed by atoms with E-state index < -0.39 is 10.9 Å². The standard InChI is InChI=1S/C6H8N4O4/c1-9(3-5(11)12)4-2-7-8-6(4)10(13)14/h2H,3H2,1H3,(H,7,8)(H,11,12). The van der Waals surface area contributed by atoms with E-state index in [1.165, 1.54) is 18.1 Å². The largest absolute Gasteiger partial charge is 0.480 e. The predicted octanol–water partition coefficient (Wildman–Crippen LogP) is -0.161. The highest BCUT2D eigenvalue weighted by molar-refractivity contribution is 5.74. The molecule has 0 fully saturated rings. The van der Waals surface area contributed by atoms with Gasteiger partial charge in [-0.25, -0.2) is 0 Å². The second kappa shape index (κ2) is 3.73. The van der Waals surface area contributed by atoms with Gasteiger partial charge in [-0.15, -0.1) is 5.10 Å². The van der Waals surface area contributed by atoms with Crippen molar-refractivity contribution in [2.24, 2.45) is 0 Å². The van der Waals surface area contributed by atoms with Gasteiger partial charge in [0.15, 0.2) is 5.69 Å². The summed E-state index contributed by atoms with van der Waals surface area (Å²) in [7, 11) is 1.44. The fourth-order valence-corrected chi connectivity index (χ4v) is 0.975. The van der Waals surface area contributed by atoms with E-state index in [4.69, 9.17) is 5.11 Å². The smallest absolute Gasteiger partial charge is 0.366 e. The minimum Gasteiger partial charge on any atom is -0.480 e. The van der Waals surface area contributed by atoms with Crippen LogP contribution in [0.1, 0.15) is 0 Å². The van der Waals surface area contributed by atoms with Crippen LogP contribution in [0.15, 0.2) is 6.20 Å². The van der Waals surface area contributed by atoms with Crippen LogP contribution in [-0.4, -0.2) is 39.8 Å². The Morgan fingerprint density at radius 3 is 3.00 bits per heavy atom. The Balaban J connectivity index is 2.89. The molecule has 0 saturated heterocycles. The maximum Gasteiger partial charge on any atom is 0.366 e. The summed E-state index contributed by atoms with van der Waals surface area (Å²) in [5.41, 5.74) is 0.150. The Kier molecular flexibility index (Phi) is 2.65. The lowest BCUT2D eigenvalue weighted by Gasteiger charge is -2.12. The number of aromatic amines is 1. The Bertz CT molecular complexity index is 360. The van der Waals surface area contributed by atoms with Gasteiger partial charge < -0.3 is 20.1 Å². The molecule has 0 aliphatic carbocycles. The summed E-state index contributed by atoms with van der Waals surface area (Å²) in [6, 6.07) is 0. The number of aromatic nitrogens is 2. The number of nitrogens with zero attached hydrogens (tertiary/aromatic N) is 3. The number of rotatable bonds is 4. The van der Waals surface area contributed by atoms with Crippen LogP contribution in [0.5, 0.6) is 0 Å². The summed E-state index contributed by atoms with van der Waals surface area (Å²) in [4.78, 5) is 21.4. The molecule has 8 nitrogen and oxygen atoms in total. The highest BCUT2D eigenvalue weighted by Crippen LogP contribution is 2.22. The molecule has 2 N–H and O–H groups in total. The van der Waals surface area contributed by atoms with Crippen LogP contribution in [0.25, 0.3) is 0 Å². The maximum absolute atomic E-state index is 10.4. The van der Waals surface area contributed by atoms with Crippen molar-refractivity contribution in [1.82, 2.24) is 10.2 Å². The van der Waals surface area contributed by atoms with E-state index in [-0.39, 0.29) is 18.1 Å². The lowest BCUT2D eigenvalue weighted by atomic mass is 10.4. The van der Waals surface area contributed by atoms with Crippen LogP contribution in [0.3, 0.4) is 0 Å². The molecular weight excluding hydrogens is 192 g/mol. The van der Waals surface area contributed by atoms with Crippen molar-refractivity contribution in [3.63, 3.8) is 0 Å². The molecule has 76 valence electrons. The third-order valence-corrected chi connectivity index (χ3v) is 1.57. The number of likely N-dealkylation sites (N-methyl/N-ethyl adjacent to an activating group) is 1. The number of anilines is 1. The zero-order chi connectivity index (χ0) is 10.7. The first-order valence-corrected chi connectivity index (χ1v) is 3.63. The Morgan fingerprint density at radius 1 is 1.86 bits per heavy atom. The number of H-pyrrole nitrogens is 1. The lowest BCUT2D eigenvalue weighted by Crippen LogP contribution is -2.25.